The molecular formula is C30H38N4O4. The summed E-state index contributed by atoms with van der Waals surface area (Å²) in [6.07, 6.45) is 7.98. The van der Waals surface area contributed by atoms with Crippen LogP contribution in [0.3, 0.4) is 0 Å². The molecule has 8 heteroatoms. The Morgan fingerprint density at radius 3 is 2.66 bits per heavy atom. The van der Waals surface area contributed by atoms with Crippen molar-refractivity contribution >= 4 is 16.8 Å². The number of aromatic nitrogens is 2. The van der Waals surface area contributed by atoms with E-state index >= 15 is 0 Å². The van der Waals surface area contributed by atoms with Gasteiger partial charge in [-0.05, 0) is 74.6 Å². The summed E-state index contributed by atoms with van der Waals surface area (Å²) in [6, 6.07) is 13.7. The van der Waals surface area contributed by atoms with Crippen LogP contribution < -0.4 is 10.1 Å². The third-order valence-corrected chi connectivity index (χ3v) is 8.65. The highest BCUT2D eigenvalue weighted by molar-refractivity contribution is 6.01. The summed E-state index contributed by atoms with van der Waals surface area (Å²) < 4.78 is 11.7. The molecular weight excluding hydrogens is 480 g/mol. The number of nitrogens with zero attached hydrogens (tertiary/aromatic N) is 2. The number of morpholine rings is 1. The van der Waals surface area contributed by atoms with Crippen LogP contribution in [0.25, 0.3) is 22.2 Å². The van der Waals surface area contributed by atoms with Gasteiger partial charge in [0, 0.05) is 48.1 Å². The van der Waals surface area contributed by atoms with Crippen molar-refractivity contribution in [1.82, 2.24) is 20.4 Å². The molecule has 0 radical (unpaired) electrons. The highest BCUT2D eigenvalue weighted by atomic mass is 16.5. The van der Waals surface area contributed by atoms with Gasteiger partial charge in [0.2, 0.25) is 0 Å². The van der Waals surface area contributed by atoms with Crippen molar-refractivity contribution in [3.05, 3.63) is 48.0 Å². The molecule has 1 saturated heterocycles. The van der Waals surface area contributed by atoms with Gasteiger partial charge in [-0.1, -0.05) is 12.8 Å². The van der Waals surface area contributed by atoms with Crippen LogP contribution in [0.5, 0.6) is 5.75 Å². The second kappa shape index (κ2) is 11.0. The van der Waals surface area contributed by atoms with Gasteiger partial charge >= 0.3 is 0 Å². The van der Waals surface area contributed by atoms with Crippen LogP contribution >= 0.6 is 0 Å². The minimum Gasteiger partial charge on any atom is -0.490 e. The Kier molecular flexibility index (Phi) is 7.37. The first-order valence-corrected chi connectivity index (χ1v) is 14.1. The Morgan fingerprint density at radius 2 is 1.89 bits per heavy atom. The highest BCUT2D eigenvalue weighted by Crippen LogP contribution is 2.36. The number of H-pyrrole nitrogens is 1. The number of aliphatic hydroxyl groups excluding tert-OH is 1. The summed E-state index contributed by atoms with van der Waals surface area (Å²) >= 11 is 0. The number of amides is 1. The van der Waals surface area contributed by atoms with Crippen molar-refractivity contribution in [2.24, 2.45) is 0 Å². The maximum Gasteiger partial charge on any atom is 0.251 e. The van der Waals surface area contributed by atoms with Crippen LogP contribution in [0.15, 0.2) is 42.5 Å². The molecule has 0 unspecified atom stereocenters. The maximum atomic E-state index is 13.3. The van der Waals surface area contributed by atoms with Gasteiger partial charge in [-0.25, -0.2) is 0 Å². The largest absolute Gasteiger partial charge is 0.490 e. The van der Waals surface area contributed by atoms with Crippen LogP contribution in [0.2, 0.25) is 0 Å². The molecule has 2 aliphatic carbocycles. The first kappa shape index (κ1) is 25.3. The van der Waals surface area contributed by atoms with Crippen molar-refractivity contribution in [2.45, 2.75) is 69.1 Å². The lowest BCUT2D eigenvalue weighted by Crippen LogP contribution is -2.57. The number of nitrogens with one attached hydrogen (secondary N) is 2. The van der Waals surface area contributed by atoms with E-state index in [1.165, 1.54) is 12.8 Å². The second-order valence-corrected chi connectivity index (χ2v) is 11.1. The summed E-state index contributed by atoms with van der Waals surface area (Å²) in [5.41, 5.74) is 3.36. The number of carbonyl (C=O) groups is 1. The van der Waals surface area contributed by atoms with Crippen LogP contribution in [0.4, 0.5) is 0 Å². The lowest BCUT2D eigenvalue weighted by Gasteiger charge is -2.43. The lowest BCUT2D eigenvalue weighted by atomic mass is 9.94. The fraction of sp³-hybridized carbons (Fsp3) is 0.533. The van der Waals surface area contributed by atoms with Gasteiger partial charge in [0.25, 0.3) is 5.91 Å². The van der Waals surface area contributed by atoms with Crippen molar-refractivity contribution in [1.29, 1.82) is 0 Å². The number of hydrogen-bond acceptors (Lipinski definition) is 6. The predicted molar refractivity (Wildman–Crippen MR) is 146 cm³/mol. The van der Waals surface area contributed by atoms with E-state index in [-0.39, 0.29) is 23.7 Å². The average molecular weight is 519 g/mol. The van der Waals surface area contributed by atoms with Gasteiger partial charge in [0.05, 0.1) is 30.5 Å². The van der Waals surface area contributed by atoms with E-state index in [0.29, 0.717) is 18.5 Å². The van der Waals surface area contributed by atoms with E-state index in [4.69, 9.17) is 9.47 Å². The molecule has 2 heterocycles. The maximum absolute atomic E-state index is 13.3. The minimum absolute atomic E-state index is 0.0444. The summed E-state index contributed by atoms with van der Waals surface area (Å²) in [7, 11) is 0. The summed E-state index contributed by atoms with van der Waals surface area (Å²) in [5, 5.41) is 21.8. The van der Waals surface area contributed by atoms with Crippen molar-refractivity contribution in [3.8, 4) is 17.0 Å². The topological polar surface area (TPSA) is 99.7 Å². The lowest BCUT2D eigenvalue weighted by molar-refractivity contribution is -0.0199. The van der Waals surface area contributed by atoms with Crippen molar-refractivity contribution in [2.75, 3.05) is 32.8 Å². The normalized spacial score (nSPS) is 23.9. The third-order valence-electron chi connectivity index (χ3n) is 8.65. The van der Waals surface area contributed by atoms with Crippen molar-refractivity contribution in [3.63, 3.8) is 0 Å². The summed E-state index contributed by atoms with van der Waals surface area (Å²) in [5.74, 6) is 0.755. The van der Waals surface area contributed by atoms with Gasteiger partial charge in [-0.3, -0.25) is 14.8 Å². The molecule has 0 bridgehead atoms. The van der Waals surface area contributed by atoms with Crippen LogP contribution in [0.1, 0.15) is 61.7 Å². The Labute approximate surface area is 223 Å². The zero-order valence-corrected chi connectivity index (χ0v) is 22.0. The first-order valence-electron chi connectivity index (χ1n) is 14.1. The third kappa shape index (κ3) is 5.30. The number of carbonyl (C=O) groups excluding carboxylic acids is 1. The molecule has 8 nitrogen and oxygen atoms in total. The molecule has 3 aliphatic rings. The summed E-state index contributed by atoms with van der Waals surface area (Å²) in [4.78, 5) is 15.8. The monoisotopic (exact) mass is 518 g/mol. The molecule has 1 aromatic heterocycles. The van der Waals surface area contributed by atoms with E-state index in [1.54, 1.807) is 0 Å². The first-order chi connectivity index (χ1) is 18.6. The van der Waals surface area contributed by atoms with Crippen LogP contribution in [0, 0.1) is 0 Å². The Bertz CT molecular complexity index is 1240. The van der Waals surface area contributed by atoms with Crippen molar-refractivity contribution < 1.29 is 19.4 Å². The molecule has 202 valence electrons. The van der Waals surface area contributed by atoms with E-state index in [9.17, 15) is 9.90 Å². The average Bonchev–Trinajstić information content (AvgIpc) is 3.61. The van der Waals surface area contributed by atoms with E-state index < -0.39 is 0 Å². The smallest absolute Gasteiger partial charge is 0.251 e. The molecule has 3 N–H and O–H groups in total. The van der Waals surface area contributed by atoms with Gasteiger partial charge in [-0.15, -0.1) is 0 Å². The number of hydrogen-bond donors (Lipinski definition) is 3. The number of aliphatic hydroxyl groups is 1. The van der Waals surface area contributed by atoms with Crippen LogP contribution in [-0.4, -0.2) is 76.7 Å². The number of aromatic amines is 1. The van der Waals surface area contributed by atoms with Gasteiger partial charge in [-0.2, -0.15) is 5.10 Å². The standard InChI is InChI=1S/C30H38N4O4/c35-23-4-3-5-25(19-23)38-24-9-6-21(7-10-24)28-26-18-22(8-11-27(26)32-33-28)29(36)31-20-30(12-1-2-13-30)34-14-16-37-17-15-34/h6-11,18,23,25,35H,1-5,12-17,19-20H2,(H,31,36)(H,32,33)/t23-,25+/m0/s1. The number of ether oxygens (including phenoxy) is 2. The SMILES string of the molecule is O=C(NCC1(N2CCOCC2)CCCC1)c1ccc2[nH]nc(-c3ccc(O[C@@H]4CCC[C@H](O)C4)cc3)c2c1. The molecule has 3 fully saturated rings. The predicted octanol–water partition coefficient (Wildman–Crippen LogP) is 4.29. The zero-order valence-electron chi connectivity index (χ0n) is 22.0. The van der Waals surface area contributed by atoms with E-state index in [2.05, 4.69) is 20.4 Å². The molecule has 2 aromatic carbocycles. The van der Waals surface area contributed by atoms with E-state index in [0.717, 1.165) is 86.3 Å². The summed E-state index contributed by atoms with van der Waals surface area (Å²) in [6.45, 7) is 4.08. The van der Waals surface area contributed by atoms with Crippen LogP contribution in [-0.2, 0) is 4.74 Å². The zero-order chi connectivity index (χ0) is 26.0. The van der Waals surface area contributed by atoms with Gasteiger partial charge in [0.15, 0.2) is 0 Å². The van der Waals surface area contributed by atoms with Gasteiger partial charge < -0.3 is 19.9 Å². The quantitative estimate of drug-likeness (QED) is 0.432. The van der Waals surface area contributed by atoms with E-state index in [1.807, 2.05) is 42.5 Å². The fourth-order valence-electron chi connectivity index (χ4n) is 6.51. The van der Waals surface area contributed by atoms with Gasteiger partial charge in [0.1, 0.15) is 11.9 Å². The Balaban J connectivity index is 1.15. The molecule has 0 spiro atoms. The highest BCUT2D eigenvalue weighted by Gasteiger charge is 2.40. The molecule has 3 aromatic rings. The minimum atomic E-state index is -0.266. The molecule has 6 rings (SSSR count). The fourth-order valence-corrected chi connectivity index (χ4v) is 6.51. The molecule has 38 heavy (non-hydrogen) atoms. The number of benzene rings is 2. The Morgan fingerprint density at radius 1 is 1.11 bits per heavy atom. The number of fused-ring (bicyclic) bond motifs is 1. The molecule has 2 atom stereocenters. The second-order valence-electron chi connectivity index (χ2n) is 11.1. The molecule has 1 amide bonds. The Hall–Kier alpha value is -2.94. The number of rotatable bonds is 7. The molecule has 2 saturated carbocycles. The molecule has 1 aliphatic heterocycles.